The van der Waals surface area contributed by atoms with E-state index in [1.165, 1.54) is 29.0 Å². The first-order chi connectivity index (χ1) is 13.8. The molecular weight excluding hydrogens is 381 g/mol. The lowest BCUT2D eigenvalue weighted by atomic mass is 10.1. The quantitative estimate of drug-likeness (QED) is 0.474. The Bertz CT molecular complexity index is 1270. The average molecular weight is 397 g/mol. The molecule has 2 aliphatic rings. The first-order valence-corrected chi connectivity index (χ1v) is 9.02. The Labute approximate surface area is 163 Å². The maximum Gasteiger partial charge on any atom is 0.341 e. The molecule has 0 bridgehead atoms. The van der Waals surface area contributed by atoms with Crippen LogP contribution in [0.25, 0.3) is 16.6 Å². The van der Waals surface area contributed by atoms with Crippen LogP contribution in [-0.2, 0) is 0 Å². The summed E-state index contributed by atoms with van der Waals surface area (Å²) >= 11 is 0. The van der Waals surface area contributed by atoms with Crippen LogP contribution in [0, 0.1) is 5.82 Å². The summed E-state index contributed by atoms with van der Waals surface area (Å²) in [6.45, 7) is 0.938. The minimum absolute atomic E-state index is 0.0657. The van der Waals surface area contributed by atoms with Crippen LogP contribution in [0.5, 0.6) is 17.2 Å². The fourth-order valence-corrected chi connectivity index (χ4v) is 4.03. The Hall–Kier alpha value is -3.59. The largest absolute Gasteiger partial charge is 0.508 e. The van der Waals surface area contributed by atoms with E-state index in [0.717, 1.165) is 6.07 Å². The summed E-state index contributed by atoms with van der Waals surface area (Å²) < 4.78 is 22.6. The molecule has 2 aromatic carbocycles. The van der Waals surface area contributed by atoms with Gasteiger partial charge in [-0.1, -0.05) is 0 Å². The fourth-order valence-electron chi connectivity index (χ4n) is 4.03. The summed E-state index contributed by atoms with van der Waals surface area (Å²) in [7, 11) is 0. The number of nitrogens with two attached hydrogens (primary N) is 1. The van der Waals surface area contributed by atoms with Gasteiger partial charge in [0.25, 0.3) is 0 Å². The van der Waals surface area contributed by atoms with Crippen LogP contribution in [0.3, 0.4) is 0 Å². The monoisotopic (exact) mass is 397 g/mol. The highest BCUT2D eigenvalue weighted by molar-refractivity contribution is 5.99. The van der Waals surface area contributed by atoms with Gasteiger partial charge in [-0.25, -0.2) is 9.18 Å². The lowest BCUT2D eigenvalue weighted by molar-refractivity contribution is 0.0695. The van der Waals surface area contributed by atoms with Crippen LogP contribution < -0.4 is 20.8 Å². The van der Waals surface area contributed by atoms with E-state index in [0.29, 0.717) is 25.2 Å². The number of carbonyl (C=O) groups is 1. The molecule has 9 heteroatoms. The standard InChI is InChI=1S/C20H16FN3O5/c21-13-6-11-16-19(17(13)23-4-3-9(22)7-23)29-15-5-10(25)1-2-14(15)24(16)8-12(18(11)26)20(27)28/h1-2,5-6,8-9,25H,3-4,7,22H2,(H,27,28)/t9-/m0/s1. The van der Waals surface area contributed by atoms with Gasteiger partial charge >= 0.3 is 5.97 Å². The Balaban J connectivity index is 1.91. The lowest BCUT2D eigenvalue weighted by Crippen LogP contribution is -2.28. The van der Waals surface area contributed by atoms with E-state index >= 15 is 4.39 Å². The Morgan fingerprint density at radius 2 is 2.10 bits per heavy atom. The number of halogens is 1. The number of benzene rings is 2. The number of phenolic OH excluding ortho intramolecular Hbond substituents is 1. The maximum atomic E-state index is 15.2. The van der Waals surface area contributed by atoms with E-state index in [4.69, 9.17) is 10.5 Å². The predicted octanol–water partition coefficient (Wildman–Crippen LogP) is 2.18. The fraction of sp³-hybridized carbons (Fsp3) is 0.200. The van der Waals surface area contributed by atoms with E-state index in [1.54, 1.807) is 4.90 Å². The summed E-state index contributed by atoms with van der Waals surface area (Å²) in [4.78, 5) is 26.1. The first kappa shape index (κ1) is 17.5. The third-order valence-electron chi connectivity index (χ3n) is 5.36. The molecule has 0 saturated carbocycles. The number of phenols is 1. The second-order valence-corrected chi connectivity index (χ2v) is 7.23. The predicted molar refractivity (Wildman–Crippen MR) is 103 cm³/mol. The van der Waals surface area contributed by atoms with Crippen molar-refractivity contribution in [2.75, 3.05) is 18.0 Å². The molecule has 3 heterocycles. The Kier molecular flexibility index (Phi) is 3.59. The molecule has 1 saturated heterocycles. The molecule has 0 aliphatic carbocycles. The van der Waals surface area contributed by atoms with E-state index in [2.05, 4.69) is 0 Å². The maximum absolute atomic E-state index is 15.2. The van der Waals surface area contributed by atoms with Crippen LogP contribution >= 0.6 is 0 Å². The summed E-state index contributed by atoms with van der Waals surface area (Å²) in [6, 6.07) is 5.25. The zero-order valence-electron chi connectivity index (χ0n) is 15.1. The van der Waals surface area contributed by atoms with Crippen LogP contribution in [0.15, 0.2) is 35.3 Å². The molecule has 4 N–H and O–H groups in total. The third-order valence-corrected chi connectivity index (χ3v) is 5.36. The van der Waals surface area contributed by atoms with Crippen molar-refractivity contribution in [1.29, 1.82) is 0 Å². The summed E-state index contributed by atoms with van der Waals surface area (Å²) in [6.07, 6.45) is 1.88. The molecule has 0 amide bonds. The molecule has 0 spiro atoms. The van der Waals surface area contributed by atoms with Crippen LogP contribution in [-0.4, -0.2) is 39.9 Å². The number of anilines is 1. The van der Waals surface area contributed by atoms with Gasteiger partial charge in [-0.3, -0.25) is 4.79 Å². The van der Waals surface area contributed by atoms with Gasteiger partial charge in [0.2, 0.25) is 5.43 Å². The number of nitrogens with zero attached hydrogens (tertiary/aromatic N) is 2. The van der Waals surface area contributed by atoms with Gasteiger partial charge in [-0.15, -0.1) is 0 Å². The SMILES string of the molecule is N[C@H]1CCN(c2c(F)cc3c(=O)c(C(=O)O)cn4c3c2Oc2cc(O)ccc2-4)C1. The van der Waals surface area contributed by atoms with Crippen molar-refractivity contribution >= 4 is 22.6 Å². The minimum Gasteiger partial charge on any atom is -0.508 e. The lowest BCUT2D eigenvalue weighted by Gasteiger charge is -2.29. The van der Waals surface area contributed by atoms with Crippen molar-refractivity contribution in [3.8, 4) is 22.9 Å². The van der Waals surface area contributed by atoms with Crippen molar-refractivity contribution in [1.82, 2.24) is 4.57 Å². The van der Waals surface area contributed by atoms with Gasteiger partial charge in [0.05, 0.1) is 11.1 Å². The number of aromatic nitrogens is 1. The molecule has 1 atom stereocenters. The number of ether oxygens (including phenoxy) is 1. The zero-order chi connectivity index (χ0) is 20.4. The molecular formula is C20H16FN3O5. The van der Waals surface area contributed by atoms with Gasteiger partial charge < -0.3 is 30.2 Å². The molecule has 1 aromatic heterocycles. The Morgan fingerprint density at radius 1 is 1.31 bits per heavy atom. The molecule has 5 rings (SSSR count). The molecule has 3 aromatic rings. The minimum atomic E-state index is -1.41. The van der Waals surface area contributed by atoms with Crippen LogP contribution in [0.2, 0.25) is 0 Å². The van der Waals surface area contributed by atoms with E-state index in [9.17, 15) is 19.8 Å². The molecule has 8 nitrogen and oxygen atoms in total. The number of pyridine rings is 1. The van der Waals surface area contributed by atoms with Gasteiger partial charge in [-0.05, 0) is 24.6 Å². The van der Waals surface area contributed by atoms with Crippen molar-refractivity contribution < 1.29 is 24.1 Å². The number of carboxylic acids is 1. The van der Waals surface area contributed by atoms with Crippen LogP contribution in [0.1, 0.15) is 16.8 Å². The normalized spacial score (nSPS) is 17.3. The highest BCUT2D eigenvalue weighted by atomic mass is 19.1. The molecule has 0 radical (unpaired) electrons. The van der Waals surface area contributed by atoms with Crippen molar-refractivity contribution in [2.45, 2.75) is 12.5 Å². The van der Waals surface area contributed by atoms with Gasteiger partial charge in [-0.2, -0.15) is 0 Å². The van der Waals surface area contributed by atoms with E-state index in [-0.39, 0.29) is 39.9 Å². The molecule has 2 aliphatic heterocycles. The molecule has 0 unspecified atom stereocenters. The summed E-state index contributed by atoms with van der Waals surface area (Å²) in [5, 5.41) is 19.2. The van der Waals surface area contributed by atoms with E-state index in [1.807, 2.05) is 0 Å². The summed E-state index contributed by atoms with van der Waals surface area (Å²) in [5.41, 5.74) is 5.56. The smallest absolute Gasteiger partial charge is 0.341 e. The highest BCUT2D eigenvalue weighted by Crippen LogP contribution is 2.47. The van der Waals surface area contributed by atoms with Crippen molar-refractivity contribution in [3.05, 3.63) is 52.1 Å². The Morgan fingerprint density at radius 3 is 2.79 bits per heavy atom. The molecule has 29 heavy (non-hydrogen) atoms. The number of carboxylic acid groups (broad SMARTS) is 1. The van der Waals surface area contributed by atoms with Crippen molar-refractivity contribution in [2.24, 2.45) is 5.73 Å². The first-order valence-electron chi connectivity index (χ1n) is 9.02. The van der Waals surface area contributed by atoms with Crippen LogP contribution in [0.4, 0.5) is 10.1 Å². The zero-order valence-corrected chi connectivity index (χ0v) is 15.1. The van der Waals surface area contributed by atoms with Gasteiger partial charge in [0, 0.05) is 31.4 Å². The second kappa shape index (κ2) is 5.95. The van der Waals surface area contributed by atoms with Gasteiger partial charge in [0.15, 0.2) is 17.3 Å². The molecule has 1 fully saturated rings. The topological polar surface area (TPSA) is 118 Å². The van der Waals surface area contributed by atoms with Gasteiger partial charge in [0.1, 0.15) is 22.5 Å². The van der Waals surface area contributed by atoms with E-state index < -0.39 is 22.8 Å². The second-order valence-electron chi connectivity index (χ2n) is 7.23. The summed E-state index contributed by atoms with van der Waals surface area (Å²) in [5.74, 6) is -1.86. The average Bonchev–Trinajstić information content (AvgIpc) is 3.08. The molecule has 148 valence electrons. The number of rotatable bonds is 2. The number of hydrogen-bond acceptors (Lipinski definition) is 6. The third kappa shape index (κ3) is 2.47. The number of aromatic carboxylic acids is 1. The number of fused-ring (bicyclic) bond motifs is 2. The number of hydrogen-bond donors (Lipinski definition) is 3. The number of aromatic hydroxyl groups is 1. The van der Waals surface area contributed by atoms with Crippen molar-refractivity contribution in [3.63, 3.8) is 0 Å². The highest BCUT2D eigenvalue weighted by Gasteiger charge is 2.32.